The minimum absolute atomic E-state index is 0.0434. The third kappa shape index (κ3) is 8.61. The van der Waals surface area contributed by atoms with Crippen molar-refractivity contribution in [1.82, 2.24) is 19.9 Å². The second kappa shape index (κ2) is 17.1. The zero-order chi connectivity index (χ0) is 50.4. The lowest BCUT2D eigenvalue weighted by molar-refractivity contribution is -0.139. The van der Waals surface area contributed by atoms with Gasteiger partial charge in [-0.2, -0.15) is 26.3 Å². The number of aliphatic carboxylic acids is 1. The molecule has 2 amide bonds. The molecule has 4 aliphatic heterocycles. The molecule has 72 heavy (non-hydrogen) atoms. The molecule has 2 saturated carbocycles. The van der Waals surface area contributed by atoms with Gasteiger partial charge in [0.15, 0.2) is 0 Å². The molecule has 0 spiro atoms. The predicted molar refractivity (Wildman–Crippen MR) is 245 cm³/mol. The van der Waals surface area contributed by atoms with E-state index in [0.717, 1.165) is 64.1 Å². The van der Waals surface area contributed by atoms with Gasteiger partial charge in [0.05, 0.1) is 39.5 Å². The van der Waals surface area contributed by atoms with Gasteiger partial charge in [-0.25, -0.2) is 15.0 Å². The molecular weight excluding hydrogens is 955 g/mol. The van der Waals surface area contributed by atoms with Gasteiger partial charge in [0.1, 0.15) is 70.1 Å². The first-order valence-electron chi connectivity index (χ1n) is 22.4. The predicted octanol–water partition coefficient (Wildman–Crippen LogP) is 9.48. The van der Waals surface area contributed by atoms with E-state index in [1.54, 1.807) is 30.6 Å². The van der Waals surface area contributed by atoms with E-state index in [1.165, 1.54) is 6.07 Å². The summed E-state index contributed by atoms with van der Waals surface area (Å²) in [6.45, 7) is 0. The number of pyridine rings is 2. The van der Waals surface area contributed by atoms with Gasteiger partial charge < -0.3 is 51.1 Å². The molecule has 13 rings (SSSR count). The Kier molecular flexibility index (Phi) is 10.9. The second-order valence-electron chi connectivity index (χ2n) is 17.8. The Bertz CT molecular complexity index is 3380. The maximum atomic E-state index is 13.1. The molecule has 2 aliphatic carbocycles. The van der Waals surface area contributed by atoms with Gasteiger partial charge in [-0.1, -0.05) is 0 Å². The molecule has 6 aliphatic rings. The van der Waals surface area contributed by atoms with Crippen LogP contribution in [0, 0.1) is 5.92 Å². The van der Waals surface area contributed by atoms with Gasteiger partial charge in [0.2, 0.25) is 11.8 Å². The van der Waals surface area contributed by atoms with Crippen LogP contribution in [0.1, 0.15) is 69.8 Å². The molecule has 22 heteroatoms. The number of halogens is 6. The fourth-order valence-electron chi connectivity index (χ4n) is 9.50. The number of imidazole rings is 1. The third-order valence-corrected chi connectivity index (χ3v) is 13.2. The molecule has 7 heterocycles. The molecule has 0 saturated heterocycles. The Labute approximate surface area is 402 Å². The lowest BCUT2D eigenvalue weighted by atomic mass is 10.1. The highest BCUT2D eigenvalue weighted by molar-refractivity contribution is 5.94. The number of ether oxygens (including phenoxy) is 4. The number of H-pyrrole nitrogens is 1. The number of alkyl halides is 6. The first kappa shape index (κ1) is 45.9. The van der Waals surface area contributed by atoms with Crippen LogP contribution in [-0.4, -0.2) is 55.0 Å². The van der Waals surface area contributed by atoms with Crippen molar-refractivity contribution >= 4 is 51.8 Å². The number of aromatic nitrogens is 4. The van der Waals surface area contributed by atoms with Crippen molar-refractivity contribution in [3.8, 4) is 34.5 Å². The lowest BCUT2D eigenvalue weighted by Gasteiger charge is -2.19. The summed E-state index contributed by atoms with van der Waals surface area (Å²) >= 11 is 0. The molecule has 368 valence electrons. The molecule has 7 aromatic rings. The molecule has 6 unspecified atom stereocenters. The van der Waals surface area contributed by atoms with E-state index in [1.807, 2.05) is 30.3 Å². The number of rotatable bonds is 6. The maximum Gasteiger partial charge on any atom is 0.416 e. The van der Waals surface area contributed by atoms with Gasteiger partial charge in [0.25, 0.3) is 0 Å². The summed E-state index contributed by atoms with van der Waals surface area (Å²) in [4.78, 5) is 50.3. The third-order valence-electron chi connectivity index (χ3n) is 13.2. The highest BCUT2D eigenvalue weighted by Crippen LogP contribution is 2.63. The van der Waals surface area contributed by atoms with E-state index >= 15 is 0 Å². The highest BCUT2D eigenvalue weighted by atomic mass is 19.4. The summed E-state index contributed by atoms with van der Waals surface area (Å²) < 4.78 is 99.1. The first-order valence-corrected chi connectivity index (χ1v) is 22.4. The summed E-state index contributed by atoms with van der Waals surface area (Å²) in [5.41, 5.74) is 13.5. The normalized spacial score (nSPS) is 21.4. The van der Waals surface area contributed by atoms with Crippen molar-refractivity contribution in [3.63, 3.8) is 0 Å². The van der Waals surface area contributed by atoms with Crippen LogP contribution in [0.5, 0.6) is 34.5 Å². The molecule has 6 atom stereocenters. The van der Waals surface area contributed by atoms with Crippen LogP contribution >= 0.6 is 0 Å². The Morgan fingerprint density at radius 2 is 1.18 bits per heavy atom. The SMILES string of the molecule is Nc1ccc(C(F)(F)F)cc1N.O=C1CCc2c(Oc3ccc4c(c3)C3C(O4)C3C(=O)O)ccnc2N1.O=C1CCc2c(Oc3ccc4c(c3)C3C(O4)C3c3nc4ccc(C(F)(F)F)cc4[nH]3)ccnc2N1. The molecule has 3 aromatic heterocycles. The number of nitrogens with two attached hydrogens (primary N) is 2. The van der Waals surface area contributed by atoms with Gasteiger partial charge in [-0.05, 0) is 97.8 Å². The van der Waals surface area contributed by atoms with Crippen LogP contribution in [-0.2, 0) is 39.6 Å². The van der Waals surface area contributed by atoms with Crippen molar-refractivity contribution in [2.24, 2.45) is 5.92 Å². The molecule has 2 fully saturated rings. The van der Waals surface area contributed by atoms with E-state index < -0.39 is 35.4 Å². The van der Waals surface area contributed by atoms with Crippen LogP contribution < -0.4 is 41.0 Å². The number of hydrogen-bond donors (Lipinski definition) is 6. The van der Waals surface area contributed by atoms with Gasteiger partial charge in [-0.15, -0.1) is 0 Å². The van der Waals surface area contributed by atoms with E-state index in [2.05, 4.69) is 30.6 Å². The maximum absolute atomic E-state index is 13.1. The van der Waals surface area contributed by atoms with Gasteiger partial charge >= 0.3 is 18.3 Å². The van der Waals surface area contributed by atoms with Crippen molar-refractivity contribution in [1.29, 1.82) is 0 Å². The topological polar surface area (TPSA) is 239 Å². The average Bonchev–Trinajstić information content (AvgIpc) is 4.04. The molecular formula is C50H38F6N8O8. The summed E-state index contributed by atoms with van der Waals surface area (Å²) in [6, 6.07) is 21.0. The number of carbonyl (C=O) groups excluding carboxylic acids is 2. The van der Waals surface area contributed by atoms with Crippen molar-refractivity contribution in [3.05, 3.63) is 137 Å². The molecule has 0 radical (unpaired) electrons. The van der Waals surface area contributed by atoms with Crippen LogP contribution in [0.2, 0.25) is 0 Å². The number of benzene rings is 4. The fourth-order valence-corrected chi connectivity index (χ4v) is 9.50. The van der Waals surface area contributed by atoms with E-state index in [9.17, 15) is 45.8 Å². The molecule has 8 N–H and O–H groups in total. The number of nitrogen functional groups attached to an aromatic ring is 2. The monoisotopic (exact) mass is 992 g/mol. The number of hydrogen-bond acceptors (Lipinski definition) is 12. The number of carbonyl (C=O) groups is 3. The van der Waals surface area contributed by atoms with Gasteiger partial charge in [0, 0.05) is 59.3 Å². The first-order chi connectivity index (χ1) is 34.4. The number of carboxylic acids is 1. The van der Waals surface area contributed by atoms with Crippen molar-refractivity contribution < 1.29 is 64.8 Å². The zero-order valence-corrected chi connectivity index (χ0v) is 37.1. The molecule has 16 nitrogen and oxygen atoms in total. The largest absolute Gasteiger partial charge is 0.489 e. The number of carboxylic acid groups (broad SMARTS) is 1. The smallest absolute Gasteiger partial charge is 0.416 e. The minimum atomic E-state index is -4.41. The molecule has 4 aromatic carbocycles. The zero-order valence-electron chi connectivity index (χ0n) is 37.1. The number of nitrogens with one attached hydrogen (secondary N) is 3. The van der Waals surface area contributed by atoms with E-state index in [-0.39, 0.29) is 53.2 Å². The average molecular weight is 993 g/mol. The van der Waals surface area contributed by atoms with Gasteiger partial charge in [-0.3, -0.25) is 14.4 Å². The Hall–Kier alpha value is -8.56. The number of amides is 2. The summed E-state index contributed by atoms with van der Waals surface area (Å²) in [7, 11) is 0. The van der Waals surface area contributed by atoms with Crippen LogP contribution in [0.3, 0.4) is 0 Å². The van der Waals surface area contributed by atoms with E-state index in [4.69, 9.17) is 30.4 Å². The Morgan fingerprint density at radius 3 is 1.74 bits per heavy atom. The highest BCUT2D eigenvalue weighted by Gasteiger charge is 2.63. The number of fused-ring (bicyclic) bond motifs is 9. The number of aromatic amines is 1. The number of anilines is 4. The standard InChI is InChI=1S/C25H17F3N4O3.C18H14N2O5.C7H7F3N2/c26-25(27,28)11-1-4-15-16(9-11)31-24(30-15)21-20-14-10-12(2-5-17(14)35-22(20)21)34-18-7-8-29-23-13(18)3-6-19(33)32-23;21-13-4-2-9-12(5-6-19-17(9)20-13)24-8-1-3-11-10(7-8)14-15(18(22)23)16(14)25-11;8-7(9,10)4-1-2-5(11)6(12)3-4/h1-2,4-5,7-10,20-22H,3,6H2,(H,30,31)(H,29,32,33);1,3,5-7,14-16H,2,4H2,(H,22,23)(H,19,20,21);1-3H,11-12H2. The summed E-state index contributed by atoms with van der Waals surface area (Å²) in [6.07, 6.45) is -4.06. The fraction of sp³-hybridized carbons (Fsp3) is 0.240. The van der Waals surface area contributed by atoms with Crippen LogP contribution in [0.4, 0.5) is 49.4 Å². The Morgan fingerprint density at radius 1 is 0.639 bits per heavy atom. The Balaban J connectivity index is 0.000000132. The van der Waals surface area contributed by atoms with Crippen LogP contribution in [0.25, 0.3) is 11.0 Å². The van der Waals surface area contributed by atoms with Crippen LogP contribution in [0.15, 0.2) is 97.3 Å². The molecule has 0 bridgehead atoms. The summed E-state index contributed by atoms with van der Waals surface area (Å²) in [5, 5.41) is 14.7. The lowest BCUT2D eigenvalue weighted by Crippen LogP contribution is -2.20. The van der Waals surface area contributed by atoms with Crippen molar-refractivity contribution in [2.75, 3.05) is 22.1 Å². The quantitative estimate of drug-likeness (QED) is 0.0673. The second-order valence-corrected chi connectivity index (χ2v) is 17.8. The number of nitrogens with zero attached hydrogens (tertiary/aromatic N) is 3. The van der Waals surface area contributed by atoms with E-state index in [0.29, 0.717) is 77.2 Å². The minimum Gasteiger partial charge on any atom is -0.489 e. The summed E-state index contributed by atoms with van der Waals surface area (Å²) in [5.74, 6) is 4.15. The van der Waals surface area contributed by atoms with Crippen molar-refractivity contribution in [2.45, 2.75) is 68.0 Å².